The fourth-order valence-corrected chi connectivity index (χ4v) is 3.00. The molecule has 3 amide bonds. The maximum atomic E-state index is 12.4. The van der Waals surface area contributed by atoms with Crippen molar-refractivity contribution in [3.05, 3.63) is 30.1 Å². The van der Waals surface area contributed by atoms with Crippen molar-refractivity contribution in [1.82, 2.24) is 20.9 Å². The summed E-state index contributed by atoms with van der Waals surface area (Å²) in [6.45, 7) is 1.70. The summed E-state index contributed by atoms with van der Waals surface area (Å²) in [5.74, 6) is -0.224. The number of piperidine rings is 1. The lowest BCUT2D eigenvalue weighted by atomic mass is 9.75. The molecule has 0 spiro atoms. The molecule has 2 saturated heterocycles. The molecule has 6 heteroatoms. The molecule has 3 heterocycles. The molecule has 1 aromatic heterocycles. The van der Waals surface area contributed by atoms with Crippen LogP contribution in [-0.4, -0.2) is 30.0 Å². The highest BCUT2D eigenvalue weighted by Crippen LogP contribution is 2.36. The number of pyridine rings is 1. The number of nitrogens with one attached hydrogen (secondary N) is 3. The minimum atomic E-state index is -1.01. The molecule has 0 unspecified atom stereocenters. The summed E-state index contributed by atoms with van der Waals surface area (Å²) in [6.07, 6.45) is 3.32. The fraction of sp³-hybridized carbons (Fsp3) is 0.462. The van der Waals surface area contributed by atoms with Gasteiger partial charge in [-0.1, -0.05) is 6.07 Å². The third-order valence-corrected chi connectivity index (χ3v) is 3.92. The number of carbonyl (C=O) groups excluding carboxylic acids is 2. The summed E-state index contributed by atoms with van der Waals surface area (Å²) in [4.78, 5) is 28.2. The van der Waals surface area contributed by atoms with E-state index in [2.05, 4.69) is 20.9 Å². The van der Waals surface area contributed by atoms with Gasteiger partial charge in [0.2, 0.25) is 0 Å². The highest BCUT2D eigenvalue weighted by molar-refractivity contribution is 6.07. The molecule has 0 radical (unpaired) electrons. The molecule has 0 aliphatic carbocycles. The SMILES string of the molecule is O=C1NC(=O)[C@@](c2ccccn2)(C2CCNCC2)N1. The van der Waals surface area contributed by atoms with E-state index >= 15 is 0 Å². The monoisotopic (exact) mass is 260 g/mol. The number of hydrogen-bond donors (Lipinski definition) is 3. The Morgan fingerprint density at radius 1 is 1.21 bits per heavy atom. The minimum absolute atomic E-state index is 0.0649. The van der Waals surface area contributed by atoms with Crippen LogP contribution in [-0.2, 0) is 10.3 Å². The Bertz CT molecular complexity index is 499. The highest BCUT2D eigenvalue weighted by atomic mass is 16.2. The second-order valence-corrected chi connectivity index (χ2v) is 4.96. The Kier molecular flexibility index (Phi) is 2.94. The predicted octanol–water partition coefficient (Wildman–Crippen LogP) is 0.116. The van der Waals surface area contributed by atoms with E-state index in [9.17, 15) is 9.59 Å². The zero-order valence-corrected chi connectivity index (χ0v) is 10.5. The molecule has 2 aliphatic heterocycles. The molecule has 6 nitrogen and oxygen atoms in total. The second-order valence-electron chi connectivity index (χ2n) is 4.96. The number of carbonyl (C=O) groups is 2. The van der Waals surface area contributed by atoms with E-state index in [1.807, 2.05) is 6.07 Å². The van der Waals surface area contributed by atoms with Gasteiger partial charge in [0.1, 0.15) is 0 Å². The molecule has 0 aromatic carbocycles. The second kappa shape index (κ2) is 4.62. The standard InChI is InChI=1S/C13H16N4O2/c18-11-13(17-12(19)16-11,9-4-7-14-8-5-9)10-3-1-2-6-15-10/h1-3,6,9,14H,4-5,7-8H2,(H2,16,17,18,19)/t13-/m0/s1. The molecular formula is C13H16N4O2. The van der Waals surface area contributed by atoms with E-state index in [1.54, 1.807) is 18.3 Å². The molecule has 100 valence electrons. The zero-order valence-electron chi connectivity index (χ0n) is 10.5. The largest absolute Gasteiger partial charge is 0.322 e. The maximum absolute atomic E-state index is 12.4. The summed E-state index contributed by atoms with van der Waals surface area (Å²) in [6, 6.07) is 5.00. The van der Waals surface area contributed by atoms with Crippen molar-refractivity contribution in [2.75, 3.05) is 13.1 Å². The first-order chi connectivity index (χ1) is 9.23. The first kappa shape index (κ1) is 12.1. The van der Waals surface area contributed by atoms with Gasteiger partial charge in [0, 0.05) is 6.20 Å². The summed E-state index contributed by atoms with van der Waals surface area (Å²) >= 11 is 0. The topological polar surface area (TPSA) is 83.1 Å². The highest BCUT2D eigenvalue weighted by Gasteiger charge is 2.54. The van der Waals surface area contributed by atoms with Gasteiger partial charge in [-0.05, 0) is 44.0 Å². The van der Waals surface area contributed by atoms with Gasteiger partial charge < -0.3 is 10.6 Å². The molecule has 0 saturated carbocycles. The normalized spacial score (nSPS) is 28.0. The summed E-state index contributed by atoms with van der Waals surface area (Å²) in [7, 11) is 0. The lowest BCUT2D eigenvalue weighted by molar-refractivity contribution is -0.127. The molecule has 2 fully saturated rings. The third-order valence-electron chi connectivity index (χ3n) is 3.92. The van der Waals surface area contributed by atoms with Gasteiger partial charge in [0.05, 0.1) is 5.69 Å². The van der Waals surface area contributed by atoms with E-state index in [0.29, 0.717) is 5.69 Å². The number of aromatic nitrogens is 1. The van der Waals surface area contributed by atoms with Crippen LogP contribution in [0.4, 0.5) is 4.79 Å². The van der Waals surface area contributed by atoms with Crippen LogP contribution < -0.4 is 16.0 Å². The summed E-state index contributed by atoms with van der Waals surface area (Å²) in [5.41, 5.74) is -0.397. The number of amides is 3. The van der Waals surface area contributed by atoms with Crippen molar-refractivity contribution in [1.29, 1.82) is 0 Å². The van der Waals surface area contributed by atoms with E-state index in [4.69, 9.17) is 0 Å². The first-order valence-corrected chi connectivity index (χ1v) is 6.49. The average Bonchev–Trinajstić information content (AvgIpc) is 2.76. The van der Waals surface area contributed by atoms with Crippen molar-refractivity contribution in [3.8, 4) is 0 Å². The van der Waals surface area contributed by atoms with Crippen LogP contribution in [0.3, 0.4) is 0 Å². The van der Waals surface area contributed by atoms with Crippen LogP contribution in [0.2, 0.25) is 0 Å². The molecule has 3 rings (SSSR count). The average molecular weight is 260 g/mol. The molecule has 1 atom stereocenters. The van der Waals surface area contributed by atoms with E-state index in [-0.39, 0.29) is 11.8 Å². The van der Waals surface area contributed by atoms with Crippen LogP contribution >= 0.6 is 0 Å². The number of imide groups is 1. The summed E-state index contributed by atoms with van der Waals surface area (Å²) in [5, 5.41) is 8.44. The lowest BCUT2D eigenvalue weighted by Crippen LogP contribution is -2.53. The first-order valence-electron chi connectivity index (χ1n) is 6.49. The zero-order chi connectivity index (χ0) is 13.3. The van der Waals surface area contributed by atoms with Crippen molar-refractivity contribution in [2.45, 2.75) is 18.4 Å². The summed E-state index contributed by atoms with van der Waals surface area (Å²) < 4.78 is 0. The van der Waals surface area contributed by atoms with Gasteiger partial charge in [-0.2, -0.15) is 0 Å². The molecule has 19 heavy (non-hydrogen) atoms. The molecule has 0 bridgehead atoms. The number of rotatable bonds is 2. The van der Waals surface area contributed by atoms with Crippen molar-refractivity contribution >= 4 is 11.9 Å². The minimum Gasteiger partial charge on any atom is -0.318 e. The molecule has 3 N–H and O–H groups in total. The lowest BCUT2D eigenvalue weighted by Gasteiger charge is -2.36. The van der Waals surface area contributed by atoms with Crippen LogP contribution in [0.1, 0.15) is 18.5 Å². The quantitative estimate of drug-likeness (QED) is 0.659. The van der Waals surface area contributed by atoms with Crippen LogP contribution in [0, 0.1) is 5.92 Å². The molecule has 1 aromatic rings. The van der Waals surface area contributed by atoms with Gasteiger partial charge in [-0.15, -0.1) is 0 Å². The van der Waals surface area contributed by atoms with Gasteiger partial charge in [0.25, 0.3) is 5.91 Å². The molecule has 2 aliphatic rings. The van der Waals surface area contributed by atoms with E-state index in [1.165, 1.54) is 0 Å². The van der Waals surface area contributed by atoms with Crippen LogP contribution in [0.25, 0.3) is 0 Å². The number of nitrogens with zero attached hydrogens (tertiary/aromatic N) is 1. The predicted molar refractivity (Wildman–Crippen MR) is 68.2 cm³/mol. The van der Waals surface area contributed by atoms with Gasteiger partial charge >= 0.3 is 6.03 Å². The smallest absolute Gasteiger partial charge is 0.318 e. The Morgan fingerprint density at radius 2 is 2.00 bits per heavy atom. The third kappa shape index (κ3) is 1.88. The maximum Gasteiger partial charge on any atom is 0.322 e. The van der Waals surface area contributed by atoms with Crippen molar-refractivity contribution < 1.29 is 9.59 Å². The van der Waals surface area contributed by atoms with E-state index in [0.717, 1.165) is 25.9 Å². The van der Waals surface area contributed by atoms with Gasteiger partial charge in [-0.3, -0.25) is 15.1 Å². The Balaban J connectivity index is 2.05. The van der Waals surface area contributed by atoms with Crippen molar-refractivity contribution in [2.24, 2.45) is 5.92 Å². The number of urea groups is 1. The van der Waals surface area contributed by atoms with Gasteiger partial charge in [0.15, 0.2) is 5.54 Å². The molecular weight excluding hydrogens is 244 g/mol. The van der Waals surface area contributed by atoms with Crippen molar-refractivity contribution in [3.63, 3.8) is 0 Å². The Morgan fingerprint density at radius 3 is 2.58 bits per heavy atom. The Labute approximate surface area is 111 Å². The van der Waals surface area contributed by atoms with Crippen LogP contribution in [0.5, 0.6) is 0 Å². The van der Waals surface area contributed by atoms with Gasteiger partial charge in [-0.25, -0.2) is 4.79 Å². The number of hydrogen-bond acceptors (Lipinski definition) is 4. The Hall–Kier alpha value is -1.95. The van der Waals surface area contributed by atoms with Crippen LogP contribution in [0.15, 0.2) is 24.4 Å². The van der Waals surface area contributed by atoms with E-state index < -0.39 is 11.6 Å². The fourth-order valence-electron chi connectivity index (χ4n) is 3.00.